The molecule has 0 aliphatic heterocycles. The summed E-state index contributed by atoms with van der Waals surface area (Å²) in [6.45, 7) is 0. The molecule has 78 valence electrons. The number of fused-ring (bicyclic) bond motifs is 2. The smallest absolute Gasteiger partial charge is 0.169 e. The average Bonchev–Trinajstić information content (AvgIpc) is 2.60. The van der Waals surface area contributed by atoms with E-state index < -0.39 is 5.60 Å². The van der Waals surface area contributed by atoms with E-state index >= 15 is 0 Å². The van der Waals surface area contributed by atoms with Gasteiger partial charge in [0.15, 0.2) is 5.78 Å². The minimum Gasteiger partial charge on any atom is -0.389 e. The fourth-order valence-electron chi connectivity index (χ4n) is 3.07. The van der Waals surface area contributed by atoms with Crippen molar-refractivity contribution in [2.75, 3.05) is 0 Å². The van der Waals surface area contributed by atoms with Crippen molar-refractivity contribution in [3.63, 3.8) is 0 Å². The fraction of sp³-hybridized carbons (Fsp3) is 0.462. The van der Waals surface area contributed by atoms with Crippen LogP contribution in [0.1, 0.15) is 35.2 Å². The van der Waals surface area contributed by atoms with Gasteiger partial charge in [0.1, 0.15) is 0 Å². The zero-order chi connectivity index (χ0) is 10.5. The van der Waals surface area contributed by atoms with Gasteiger partial charge in [-0.1, -0.05) is 24.3 Å². The number of hydrogen-bond acceptors (Lipinski definition) is 2. The van der Waals surface area contributed by atoms with Crippen molar-refractivity contribution >= 4 is 5.78 Å². The molecule has 2 aliphatic carbocycles. The number of aliphatic hydroxyl groups is 1. The first-order valence-electron chi connectivity index (χ1n) is 5.55. The van der Waals surface area contributed by atoms with Gasteiger partial charge in [0.2, 0.25) is 0 Å². The van der Waals surface area contributed by atoms with Crippen LogP contribution in [0.2, 0.25) is 0 Å². The van der Waals surface area contributed by atoms with E-state index in [9.17, 15) is 9.90 Å². The Kier molecular flexibility index (Phi) is 1.77. The molecule has 1 fully saturated rings. The molecule has 2 atom stereocenters. The Morgan fingerprint density at radius 1 is 1.33 bits per heavy atom. The number of hydrogen-bond donors (Lipinski definition) is 1. The first-order valence-corrected chi connectivity index (χ1v) is 5.55. The molecule has 0 heterocycles. The molecule has 0 bridgehead atoms. The number of benzene rings is 1. The van der Waals surface area contributed by atoms with Crippen LogP contribution in [0, 0.1) is 5.92 Å². The van der Waals surface area contributed by atoms with Gasteiger partial charge in [0.05, 0.1) is 11.5 Å². The Labute approximate surface area is 88.9 Å². The van der Waals surface area contributed by atoms with E-state index in [2.05, 4.69) is 0 Å². The second-order valence-corrected chi connectivity index (χ2v) is 4.75. The molecular weight excluding hydrogens is 188 g/mol. The third kappa shape index (κ3) is 1.18. The Morgan fingerprint density at radius 3 is 3.00 bits per heavy atom. The number of Topliss-reactive ketones (excluding diaryl/α,β-unsaturated/α-hetero) is 1. The van der Waals surface area contributed by atoms with Crippen LogP contribution in [-0.2, 0) is 6.42 Å². The molecule has 2 aliphatic rings. The van der Waals surface area contributed by atoms with Crippen molar-refractivity contribution in [1.29, 1.82) is 0 Å². The highest BCUT2D eigenvalue weighted by atomic mass is 16.3. The average molecular weight is 202 g/mol. The standard InChI is InChI=1S/C13H14O2/c14-12-10-5-2-1-4-9(10)8-13(15)7-3-6-11(12)13/h1-2,4-5,11,15H,3,6-8H2/t11-,13-/m0/s1. The van der Waals surface area contributed by atoms with Gasteiger partial charge in [-0.25, -0.2) is 0 Å². The van der Waals surface area contributed by atoms with Crippen LogP contribution >= 0.6 is 0 Å². The highest BCUT2D eigenvalue weighted by Gasteiger charge is 2.48. The maximum absolute atomic E-state index is 12.1. The molecule has 0 radical (unpaired) electrons. The minimum absolute atomic E-state index is 0.146. The zero-order valence-electron chi connectivity index (χ0n) is 8.57. The number of rotatable bonds is 0. The van der Waals surface area contributed by atoms with Gasteiger partial charge in [-0.2, -0.15) is 0 Å². The summed E-state index contributed by atoms with van der Waals surface area (Å²) in [5, 5.41) is 10.4. The molecule has 1 aromatic carbocycles. The van der Waals surface area contributed by atoms with Gasteiger partial charge in [0.25, 0.3) is 0 Å². The first kappa shape index (κ1) is 9.10. The van der Waals surface area contributed by atoms with E-state index in [1.165, 1.54) is 0 Å². The normalized spacial score (nSPS) is 33.7. The van der Waals surface area contributed by atoms with Crippen LogP contribution in [0.15, 0.2) is 24.3 Å². The highest BCUT2D eigenvalue weighted by Crippen LogP contribution is 2.44. The van der Waals surface area contributed by atoms with E-state index in [0.29, 0.717) is 6.42 Å². The molecule has 0 amide bonds. The quantitative estimate of drug-likeness (QED) is 0.698. The summed E-state index contributed by atoms with van der Waals surface area (Å²) in [4.78, 5) is 12.1. The maximum atomic E-state index is 12.1. The molecule has 0 spiro atoms. The largest absolute Gasteiger partial charge is 0.389 e. The van der Waals surface area contributed by atoms with E-state index in [0.717, 1.165) is 30.4 Å². The summed E-state index contributed by atoms with van der Waals surface area (Å²) in [5.41, 5.74) is 1.10. The zero-order valence-corrected chi connectivity index (χ0v) is 8.57. The topological polar surface area (TPSA) is 37.3 Å². The second-order valence-electron chi connectivity index (χ2n) is 4.75. The summed E-state index contributed by atoms with van der Waals surface area (Å²) < 4.78 is 0. The van der Waals surface area contributed by atoms with Gasteiger partial charge in [-0.3, -0.25) is 4.79 Å². The van der Waals surface area contributed by atoms with Gasteiger partial charge in [0, 0.05) is 12.0 Å². The molecule has 1 aromatic rings. The van der Waals surface area contributed by atoms with Crippen molar-refractivity contribution in [2.24, 2.45) is 5.92 Å². The van der Waals surface area contributed by atoms with Gasteiger partial charge in [-0.05, 0) is 24.8 Å². The van der Waals surface area contributed by atoms with Crippen LogP contribution in [-0.4, -0.2) is 16.5 Å². The van der Waals surface area contributed by atoms with Crippen LogP contribution in [0.25, 0.3) is 0 Å². The summed E-state index contributed by atoms with van der Waals surface area (Å²) in [6.07, 6.45) is 3.25. The van der Waals surface area contributed by atoms with Gasteiger partial charge >= 0.3 is 0 Å². The van der Waals surface area contributed by atoms with Crippen molar-refractivity contribution in [1.82, 2.24) is 0 Å². The lowest BCUT2D eigenvalue weighted by molar-refractivity contribution is 0.00282. The first-order chi connectivity index (χ1) is 7.21. The predicted octanol–water partition coefficient (Wildman–Crippen LogP) is 1.96. The number of carbonyl (C=O) groups excluding carboxylic acids is 1. The van der Waals surface area contributed by atoms with Crippen molar-refractivity contribution in [3.05, 3.63) is 35.4 Å². The molecular formula is C13H14O2. The molecule has 2 heteroatoms. The Bertz CT molecular complexity index is 424. The third-order valence-electron chi connectivity index (χ3n) is 3.85. The lowest BCUT2D eigenvalue weighted by Gasteiger charge is -2.34. The number of carbonyl (C=O) groups is 1. The fourth-order valence-corrected chi connectivity index (χ4v) is 3.07. The molecule has 0 aromatic heterocycles. The molecule has 1 saturated carbocycles. The number of ketones is 1. The lowest BCUT2D eigenvalue weighted by atomic mass is 9.74. The summed E-state index contributed by atoms with van der Waals surface area (Å²) in [7, 11) is 0. The SMILES string of the molecule is O=C1c2ccccc2C[C@@]2(O)CCC[C@@H]12. The summed E-state index contributed by atoms with van der Waals surface area (Å²) in [5.74, 6) is 0.00394. The molecule has 0 saturated heterocycles. The molecule has 1 N–H and O–H groups in total. The molecule has 15 heavy (non-hydrogen) atoms. The third-order valence-corrected chi connectivity index (χ3v) is 3.85. The molecule has 2 nitrogen and oxygen atoms in total. The Hall–Kier alpha value is -1.15. The van der Waals surface area contributed by atoms with Crippen molar-refractivity contribution < 1.29 is 9.90 Å². The summed E-state index contributed by atoms with van der Waals surface area (Å²) in [6, 6.07) is 7.68. The monoisotopic (exact) mass is 202 g/mol. The highest BCUT2D eigenvalue weighted by molar-refractivity contribution is 6.01. The van der Waals surface area contributed by atoms with Crippen molar-refractivity contribution in [2.45, 2.75) is 31.3 Å². The van der Waals surface area contributed by atoms with E-state index in [1.54, 1.807) is 0 Å². The van der Waals surface area contributed by atoms with Crippen LogP contribution in [0.5, 0.6) is 0 Å². The predicted molar refractivity (Wildman–Crippen MR) is 56.8 cm³/mol. The van der Waals surface area contributed by atoms with E-state index in [4.69, 9.17) is 0 Å². The maximum Gasteiger partial charge on any atom is 0.169 e. The molecule has 3 rings (SSSR count). The Balaban J connectivity index is 2.13. The van der Waals surface area contributed by atoms with Crippen LogP contribution < -0.4 is 0 Å². The minimum atomic E-state index is -0.745. The van der Waals surface area contributed by atoms with E-state index in [1.807, 2.05) is 24.3 Å². The van der Waals surface area contributed by atoms with E-state index in [-0.39, 0.29) is 11.7 Å². The van der Waals surface area contributed by atoms with Crippen LogP contribution in [0.3, 0.4) is 0 Å². The summed E-state index contributed by atoms with van der Waals surface area (Å²) >= 11 is 0. The molecule has 0 unspecified atom stereocenters. The van der Waals surface area contributed by atoms with Crippen molar-refractivity contribution in [3.8, 4) is 0 Å². The second kappa shape index (κ2) is 2.92. The van der Waals surface area contributed by atoms with Gasteiger partial charge in [-0.15, -0.1) is 0 Å². The van der Waals surface area contributed by atoms with Crippen LogP contribution in [0.4, 0.5) is 0 Å². The lowest BCUT2D eigenvalue weighted by Crippen LogP contribution is -2.44. The van der Waals surface area contributed by atoms with Gasteiger partial charge < -0.3 is 5.11 Å². The Morgan fingerprint density at radius 2 is 2.13 bits per heavy atom.